The average Bonchev–Trinajstić information content (AvgIpc) is 2.88. The highest BCUT2D eigenvalue weighted by molar-refractivity contribution is 7.17. The van der Waals surface area contributed by atoms with Gasteiger partial charge in [0.2, 0.25) is 0 Å². The number of hydrogen-bond acceptors (Lipinski definition) is 0. The number of fused-ring (bicyclic) bond motifs is 3. The van der Waals surface area contributed by atoms with Gasteiger partial charge in [0.15, 0.2) is 0 Å². The highest BCUT2D eigenvalue weighted by Gasteiger charge is 2.44. The van der Waals surface area contributed by atoms with E-state index in [-0.39, 0.29) is 0 Å². The fourth-order valence-electron chi connectivity index (χ4n) is 7.04. The van der Waals surface area contributed by atoms with Gasteiger partial charge in [-0.25, -0.2) is 0 Å². The van der Waals surface area contributed by atoms with E-state index in [0.717, 1.165) is 53.0 Å². The van der Waals surface area contributed by atoms with Crippen LogP contribution in [-0.2, 0) is 0 Å². The molecule has 4 aliphatic carbocycles. The standard InChI is InChI=1S/C22H37P/c1-13-10-21(22(23)11-13)17-6-9-19-16(12-17)5-8-18-15(3)14(2)4-7-20(18)19/h9,13-18,20-22H,4-8,10-12,23H2,1-3H3. The van der Waals surface area contributed by atoms with Crippen LogP contribution in [0.1, 0.15) is 72.1 Å². The zero-order valence-corrected chi connectivity index (χ0v) is 16.7. The molecule has 0 nitrogen and oxygen atoms in total. The molecule has 0 amide bonds. The Morgan fingerprint density at radius 1 is 0.913 bits per heavy atom. The van der Waals surface area contributed by atoms with Crippen LogP contribution in [0.2, 0.25) is 0 Å². The summed E-state index contributed by atoms with van der Waals surface area (Å²) in [4.78, 5) is 0. The Labute approximate surface area is 146 Å². The predicted molar refractivity (Wildman–Crippen MR) is 103 cm³/mol. The van der Waals surface area contributed by atoms with Crippen LogP contribution in [0.5, 0.6) is 0 Å². The molecule has 0 aromatic heterocycles. The molecule has 0 N–H and O–H groups in total. The van der Waals surface area contributed by atoms with Crippen LogP contribution in [-0.4, -0.2) is 5.66 Å². The van der Waals surface area contributed by atoms with Gasteiger partial charge < -0.3 is 0 Å². The fraction of sp³-hybridized carbons (Fsp3) is 0.909. The van der Waals surface area contributed by atoms with Crippen molar-refractivity contribution in [3.63, 3.8) is 0 Å². The van der Waals surface area contributed by atoms with E-state index in [1.165, 1.54) is 51.4 Å². The van der Waals surface area contributed by atoms with Gasteiger partial charge >= 0.3 is 0 Å². The second kappa shape index (κ2) is 6.48. The van der Waals surface area contributed by atoms with Crippen LogP contribution in [0.15, 0.2) is 11.6 Å². The van der Waals surface area contributed by atoms with Crippen molar-refractivity contribution >= 4 is 9.24 Å². The van der Waals surface area contributed by atoms with Crippen molar-refractivity contribution in [1.29, 1.82) is 0 Å². The topological polar surface area (TPSA) is 0 Å². The first-order valence-electron chi connectivity index (χ1n) is 10.5. The lowest BCUT2D eigenvalue weighted by atomic mass is 9.56. The van der Waals surface area contributed by atoms with Crippen LogP contribution in [0.3, 0.4) is 0 Å². The highest BCUT2D eigenvalue weighted by atomic mass is 31.0. The van der Waals surface area contributed by atoms with Gasteiger partial charge in [-0.2, -0.15) is 0 Å². The number of rotatable bonds is 1. The van der Waals surface area contributed by atoms with Gasteiger partial charge in [-0.1, -0.05) is 32.4 Å². The largest absolute Gasteiger partial charge is 0.134 e. The van der Waals surface area contributed by atoms with Crippen molar-refractivity contribution in [3.05, 3.63) is 11.6 Å². The molecular formula is C22H37P. The van der Waals surface area contributed by atoms with Gasteiger partial charge in [0, 0.05) is 0 Å². The molecule has 0 aromatic carbocycles. The fourth-order valence-corrected chi connectivity index (χ4v) is 7.97. The van der Waals surface area contributed by atoms with Gasteiger partial charge in [0.25, 0.3) is 0 Å². The highest BCUT2D eigenvalue weighted by Crippen LogP contribution is 2.55. The molecule has 3 fully saturated rings. The molecule has 23 heavy (non-hydrogen) atoms. The minimum Gasteiger partial charge on any atom is -0.134 e. The van der Waals surface area contributed by atoms with E-state index in [9.17, 15) is 0 Å². The Bertz CT molecular complexity index is 467. The summed E-state index contributed by atoms with van der Waals surface area (Å²) in [6.45, 7) is 7.52. The van der Waals surface area contributed by atoms with Crippen molar-refractivity contribution in [2.24, 2.45) is 47.3 Å². The molecule has 0 aliphatic heterocycles. The molecule has 130 valence electrons. The summed E-state index contributed by atoms with van der Waals surface area (Å²) in [5, 5.41) is 0. The minimum absolute atomic E-state index is 0.900. The third-order valence-electron chi connectivity index (χ3n) is 8.52. The van der Waals surface area contributed by atoms with E-state index in [0.29, 0.717) is 0 Å². The Balaban J connectivity index is 1.49. The first-order valence-corrected chi connectivity index (χ1v) is 11.2. The molecular weight excluding hydrogens is 295 g/mol. The van der Waals surface area contributed by atoms with E-state index in [2.05, 4.69) is 36.1 Å². The lowest BCUT2D eigenvalue weighted by Crippen LogP contribution is -2.40. The third kappa shape index (κ3) is 2.96. The zero-order chi connectivity index (χ0) is 16.1. The predicted octanol–water partition coefficient (Wildman–Crippen LogP) is 6.32. The van der Waals surface area contributed by atoms with E-state index in [4.69, 9.17) is 0 Å². The van der Waals surface area contributed by atoms with Crippen LogP contribution in [0.25, 0.3) is 0 Å². The molecule has 10 unspecified atom stereocenters. The maximum absolute atomic E-state index is 3.19. The van der Waals surface area contributed by atoms with Crippen LogP contribution in [0.4, 0.5) is 0 Å². The van der Waals surface area contributed by atoms with E-state index in [1.807, 2.05) is 5.57 Å². The third-order valence-corrected chi connectivity index (χ3v) is 9.29. The minimum atomic E-state index is 0.900. The van der Waals surface area contributed by atoms with Gasteiger partial charge in [-0.3, -0.25) is 0 Å². The van der Waals surface area contributed by atoms with Crippen molar-refractivity contribution in [1.82, 2.24) is 0 Å². The normalized spacial score (nSPS) is 53.4. The van der Waals surface area contributed by atoms with E-state index < -0.39 is 0 Å². The molecule has 0 aromatic rings. The first-order chi connectivity index (χ1) is 11.0. The number of hydrogen-bond donors (Lipinski definition) is 0. The Morgan fingerprint density at radius 2 is 1.74 bits per heavy atom. The second-order valence-corrected chi connectivity index (χ2v) is 10.7. The van der Waals surface area contributed by atoms with Gasteiger partial charge in [0.1, 0.15) is 0 Å². The Morgan fingerprint density at radius 3 is 2.48 bits per heavy atom. The smallest absolute Gasteiger partial charge is 0.0169 e. The molecule has 0 bridgehead atoms. The molecule has 0 spiro atoms. The SMILES string of the molecule is CC1CC(P)C(C2CC=C3C(CCC4C3CCC(C)C4C)C2)C1. The quantitative estimate of drug-likeness (QED) is 0.389. The van der Waals surface area contributed by atoms with Crippen molar-refractivity contribution in [2.75, 3.05) is 0 Å². The maximum atomic E-state index is 3.19. The summed E-state index contributed by atoms with van der Waals surface area (Å²) in [6, 6.07) is 0. The van der Waals surface area contributed by atoms with E-state index in [1.54, 1.807) is 0 Å². The van der Waals surface area contributed by atoms with Crippen LogP contribution >= 0.6 is 9.24 Å². The van der Waals surface area contributed by atoms with Crippen LogP contribution < -0.4 is 0 Å². The summed E-state index contributed by atoms with van der Waals surface area (Å²) < 4.78 is 0. The van der Waals surface area contributed by atoms with Gasteiger partial charge in [-0.05, 0) is 104 Å². The van der Waals surface area contributed by atoms with Gasteiger partial charge in [0.05, 0.1) is 0 Å². The maximum Gasteiger partial charge on any atom is -0.0169 e. The average molecular weight is 333 g/mol. The molecule has 4 rings (SSSR count). The molecule has 3 saturated carbocycles. The summed E-state index contributed by atoms with van der Waals surface area (Å²) in [5.74, 6) is 7.81. The molecule has 0 radical (unpaired) electrons. The van der Waals surface area contributed by atoms with Crippen molar-refractivity contribution in [3.8, 4) is 0 Å². The second-order valence-electron chi connectivity index (χ2n) is 9.80. The van der Waals surface area contributed by atoms with Crippen molar-refractivity contribution in [2.45, 2.75) is 77.8 Å². The van der Waals surface area contributed by atoms with Crippen molar-refractivity contribution < 1.29 is 0 Å². The van der Waals surface area contributed by atoms with E-state index >= 15 is 0 Å². The summed E-state index contributed by atoms with van der Waals surface area (Å²) in [7, 11) is 3.19. The Hall–Kier alpha value is 0.170. The lowest BCUT2D eigenvalue weighted by Gasteiger charge is -2.49. The molecule has 0 heterocycles. The molecule has 0 saturated heterocycles. The van der Waals surface area contributed by atoms with Crippen LogP contribution in [0, 0.1) is 47.3 Å². The number of allylic oxidation sites excluding steroid dienone is 2. The lowest BCUT2D eigenvalue weighted by molar-refractivity contribution is 0.0785. The first kappa shape index (κ1) is 16.6. The zero-order valence-electron chi connectivity index (χ0n) is 15.5. The Kier molecular flexibility index (Phi) is 4.68. The molecule has 4 aliphatic rings. The molecule has 1 heteroatoms. The van der Waals surface area contributed by atoms with Gasteiger partial charge in [-0.15, -0.1) is 9.24 Å². The molecule has 10 atom stereocenters. The summed E-state index contributed by atoms with van der Waals surface area (Å²) in [5.41, 5.74) is 2.83. The summed E-state index contributed by atoms with van der Waals surface area (Å²) >= 11 is 0. The summed E-state index contributed by atoms with van der Waals surface area (Å²) in [6.07, 6.45) is 14.6. The monoisotopic (exact) mass is 332 g/mol.